The van der Waals surface area contributed by atoms with E-state index in [2.05, 4.69) is 11.0 Å². The van der Waals surface area contributed by atoms with E-state index in [-0.39, 0.29) is 10.5 Å². The van der Waals surface area contributed by atoms with Crippen molar-refractivity contribution in [3.05, 3.63) is 51.7 Å². The molecule has 0 radical (unpaired) electrons. The maximum atomic E-state index is 13.1. The first-order chi connectivity index (χ1) is 12.4. The lowest BCUT2D eigenvalue weighted by Gasteiger charge is -2.34. The summed E-state index contributed by atoms with van der Waals surface area (Å²) in [7, 11) is -2.36. The Morgan fingerprint density at radius 2 is 1.92 bits per heavy atom. The highest BCUT2D eigenvalue weighted by molar-refractivity contribution is 7.89. The molecule has 1 aliphatic heterocycles. The van der Waals surface area contributed by atoms with E-state index in [9.17, 15) is 13.2 Å². The van der Waals surface area contributed by atoms with Crippen LogP contribution >= 0.6 is 11.3 Å². The van der Waals surface area contributed by atoms with E-state index in [0.29, 0.717) is 31.7 Å². The molecule has 1 aromatic carbocycles. The van der Waals surface area contributed by atoms with Crippen LogP contribution in [0.1, 0.15) is 20.8 Å². The first-order valence-electron chi connectivity index (χ1n) is 8.35. The molecule has 6 nitrogen and oxygen atoms in total. The van der Waals surface area contributed by atoms with Crippen molar-refractivity contribution in [2.75, 3.05) is 33.3 Å². The minimum Gasteiger partial charge on any atom is -0.465 e. The summed E-state index contributed by atoms with van der Waals surface area (Å²) in [5, 5.41) is 2.05. The van der Waals surface area contributed by atoms with Gasteiger partial charge in [-0.15, -0.1) is 11.3 Å². The summed E-state index contributed by atoms with van der Waals surface area (Å²) in [6, 6.07) is 8.76. The van der Waals surface area contributed by atoms with Gasteiger partial charge in [-0.25, -0.2) is 13.2 Å². The van der Waals surface area contributed by atoms with Crippen LogP contribution in [0.5, 0.6) is 0 Å². The maximum Gasteiger partial charge on any atom is 0.337 e. The first-order valence-corrected chi connectivity index (χ1v) is 10.7. The number of hydrogen-bond acceptors (Lipinski definition) is 6. The van der Waals surface area contributed by atoms with Gasteiger partial charge in [0.15, 0.2) is 0 Å². The topological polar surface area (TPSA) is 66.9 Å². The average molecular weight is 395 g/mol. The summed E-state index contributed by atoms with van der Waals surface area (Å²) in [5.74, 6) is -0.540. The van der Waals surface area contributed by atoms with Gasteiger partial charge in [0, 0.05) is 37.6 Å². The maximum absolute atomic E-state index is 13.1. The number of methoxy groups -OCH3 is 1. The van der Waals surface area contributed by atoms with Crippen LogP contribution in [0.15, 0.2) is 40.6 Å². The summed E-state index contributed by atoms with van der Waals surface area (Å²) >= 11 is 1.71. The van der Waals surface area contributed by atoms with E-state index in [1.165, 1.54) is 22.4 Å². The van der Waals surface area contributed by atoms with Gasteiger partial charge >= 0.3 is 5.97 Å². The molecule has 3 rings (SSSR count). The Morgan fingerprint density at radius 1 is 1.19 bits per heavy atom. The van der Waals surface area contributed by atoms with E-state index in [1.54, 1.807) is 30.4 Å². The summed E-state index contributed by atoms with van der Waals surface area (Å²) < 4.78 is 32.3. The quantitative estimate of drug-likeness (QED) is 0.729. The number of benzene rings is 1. The van der Waals surface area contributed by atoms with Crippen LogP contribution in [-0.2, 0) is 21.3 Å². The second-order valence-corrected chi connectivity index (χ2v) is 9.17. The molecule has 0 spiro atoms. The van der Waals surface area contributed by atoms with Crippen LogP contribution in [-0.4, -0.2) is 56.9 Å². The van der Waals surface area contributed by atoms with Gasteiger partial charge in [0.25, 0.3) is 0 Å². The molecule has 2 aromatic rings. The molecule has 0 unspecified atom stereocenters. The molecule has 8 heteroatoms. The minimum absolute atomic E-state index is 0.173. The fourth-order valence-corrected chi connectivity index (χ4v) is 5.43. The molecule has 1 aliphatic rings. The van der Waals surface area contributed by atoms with Crippen molar-refractivity contribution in [1.29, 1.82) is 0 Å². The van der Waals surface area contributed by atoms with Crippen molar-refractivity contribution >= 4 is 27.3 Å². The van der Waals surface area contributed by atoms with Crippen molar-refractivity contribution < 1.29 is 17.9 Å². The van der Waals surface area contributed by atoms with Crippen molar-refractivity contribution in [1.82, 2.24) is 9.21 Å². The number of ether oxygens (including phenoxy) is 1. The third kappa shape index (κ3) is 3.98. The third-order valence-electron chi connectivity index (χ3n) is 4.52. The number of aryl methyl sites for hydroxylation is 1. The van der Waals surface area contributed by atoms with Gasteiger partial charge in [-0.05, 0) is 36.1 Å². The van der Waals surface area contributed by atoms with Crippen LogP contribution in [0.2, 0.25) is 0 Å². The Bertz CT molecular complexity index is 871. The van der Waals surface area contributed by atoms with Gasteiger partial charge in [-0.1, -0.05) is 12.1 Å². The van der Waals surface area contributed by atoms with E-state index in [1.807, 2.05) is 11.4 Å². The van der Waals surface area contributed by atoms with Crippen LogP contribution in [0.25, 0.3) is 0 Å². The molecular formula is C18H22N2O4S2. The van der Waals surface area contributed by atoms with Crippen molar-refractivity contribution in [2.45, 2.75) is 18.4 Å². The molecule has 1 fully saturated rings. The molecule has 2 heterocycles. The predicted molar refractivity (Wildman–Crippen MR) is 101 cm³/mol. The number of carbonyl (C=O) groups is 1. The zero-order chi connectivity index (χ0) is 18.7. The number of piperazine rings is 1. The Balaban J connectivity index is 1.74. The monoisotopic (exact) mass is 394 g/mol. The van der Waals surface area contributed by atoms with Crippen molar-refractivity contribution in [2.24, 2.45) is 0 Å². The number of carbonyl (C=O) groups excluding carboxylic acids is 1. The normalized spacial score (nSPS) is 16.5. The van der Waals surface area contributed by atoms with E-state index < -0.39 is 16.0 Å². The van der Waals surface area contributed by atoms with Gasteiger partial charge in [0.2, 0.25) is 10.0 Å². The van der Waals surface area contributed by atoms with Gasteiger partial charge in [0.1, 0.15) is 0 Å². The Kier molecular flexibility index (Phi) is 5.76. The lowest BCUT2D eigenvalue weighted by Crippen LogP contribution is -2.48. The largest absolute Gasteiger partial charge is 0.465 e. The second kappa shape index (κ2) is 7.87. The molecule has 1 saturated heterocycles. The molecule has 0 aliphatic carbocycles. The first kappa shape index (κ1) is 19.0. The zero-order valence-electron chi connectivity index (χ0n) is 14.8. The highest BCUT2D eigenvalue weighted by Gasteiger charge is 2.30. The van der Waals surface area contributed by atoms with Crippen LogP contribution in [0, 0.1) is 6.92 Å². The fraction of sp³-hybridized carbons (Fsp3) is 0.389. The van der Waals surface area contributed by atoms with Gasteiger partial charge in [-0.3, -0.25) is 4.90 Å². The highest BCUT2D eigenvalue weighted by atomic mass is 32.2. The van der Waals surface area contributed by atoms with Crippen LogP contribution in [0.4, 0.5) is 0 Å². The van der Waals surface area contributed by atoms with Gasteiger partial charge in [0.05, 0.1) is 17.6 Å². The fourth-order valence-electron chi connectivity index (χ4n) is 3.01. The number of rotatable bonds is 5. The van der Waals surface area contributed by atoms with Crippen LogP contribution in [0.3, 0.4) is 0 Å². The smallest absolute Gasteiger partial charge is 0.337 e. The zero-order valence-corrected chi connectivity index (χ0v) is 16.5. The Labute approximate surface area is 158 Å². The minimum atomic E-state index is -3.64. The third-order valence-corrected chi connectivity index (χ3v) is 7.42. The van der Waals surface area contributed by atoms with Gasteiger partial charge < -0.3 is 4.74 Å². The molecule has 140 valence electrons. The summed E-state index contributed by atoms with van der Waals surface area (Å²) in [6.07, 6.45) is 0. The lowest BCUT2D eigenvalue weighted by atomic mass is 10.1. The Morgan fingerprint density at radius 3 is 2.54 bits per heavy atom. The number of sulfonamides is 1. The standard InChI is InChI=1S/C18H22N2O4S2/c1-14-5-6-15(18(21)24-2)12-17(14)26(22,23)20-9-7-19(8-10-20)13-16-4-3-11-25-16/h3-6,11-12H,7-10,13H2,1-2H3. The summed E-state index contributed by atoms with van der Waals surface area (Å²) in [4.78, 5) is 15.5. The number of hydrogen-bond donors (Lipinski definition) is 0. The number of esters is 1. The summed E-state index contributed by atoms with van der Waals surface area (Å²) in [6.45, 7) is 4.84. The Hall–Kier alpha value is -1.74. The highest BCUT2D eigenvalue weighted by Crippen LogP contribution is 2.23. The second-order valence-electron chi connectivity index (χ2n) is 6.23. The number of thiophene rings is 1. The molecule has 0 saturated carbocycles. The molecule has 0 N–H and O–H groups in total. The van der Waals surface area contributed by atoms with Crippen LogP contribution < -0.4 is 0 Å². The predicted octanol–water partition coefficient (Wildman–Crippen LogP) is 2.35. The number of nitrogens with zero attached hydrogens (tertiary/aromatic N) is 2. The SMILES string of the molecule is COC(=O)c1ccc(C)c(S(=O)(=O)N2CCN(Cc3cccs3)CC2)c1. The molecule has 0 bridgehead atoms. The summed E-state index contributed by atoms with van der Waals surface area (Å²) in [5.41, 5.74) is 0.867. The molecule has 1 aromatic heterocycles. The van der Waals surface area contributed by atoms with Crippen molar-refractivity contribution in [3.63, 3.8) is 0 Å². The van der Waals surface area contributed by atoms with E-state index >= 15 is 0 Å². The van der Waals surface area contributed by atoms with Gasteiger partial charge in [-0.2, -0.15) is 4.31 Å². The molecule has 0 atom stereocenters. The van der Waals surface area contributed by atoms with Crippen molar-refractivity contribution in [3.8, 4) is 0 Å². The molecule has 26 heavy (non-hydrogen) atoms. The molecule has 0 amide bonds. The average Bonchev–Trinajstić information content (AvgIpc) is 3.15. The van der Waals surface area contributed by atoms with E-state index in [4.69, 9.17) is 4.74 Å². The molecular weight excluding hydrogens is 372 g/mol. The lowest BCUT2D eigenvalue weighted by molar-refractivity contribution is 0.0600. The van der Waals surface area contributed by atoms with E-state index in [0.717, 1.165) is 6.54 Å².